The molecular weight excluding hydrogens is 278 g/mol. The molecule has 0 saturated carbocycles. The fraction of sp³-hybridized carbons (Fsp3) is 0.706. The van der Waals surface area contributed by atoms with Gasteiger partial charge in [-0.15, -0.1) is 0 Å². The molecule has 1 spiro atoms. The summed E-state index contributed by atoms with van der Waals surface area (Å²) in [5.74, 6) is 0. The molecule has 0 N–H and O–H groups in total. The number of ether oxygens (including phenoxy) is 2. The molecule has 2 aliphatic rings. The Hall–Kier alpha value is -1.01. The highest BCUT2D eigenvalue weighted by molar-refractivity contribution is 5.04. The van der Waals surface area contributed by atoms with Crippen molar-refractivity contribution in [3.63, 3.8) is 0 Å². The molecule has 0 amide bonds. The Morgan fingerprint density at radius 1 is 1.41 bits per heavy atom. The van der Waals surface area contributed by atoms with Gasteiger partial charge in [0.1, 0.15) is 5.60 Å². The van der Waals surface area contributed by atoms with Crippen LogP contribution in [0.5, 0.6) is 0 Å². The van der Waals surface area contributed by atoms with E-state index in [-0.39, 0.29) is 5.60 Å². The van der Waals surface area contributed by atoms with Crippen molar-refractivity contribution in [2.75, 3.05) is 46.9 Å². The molecule has 2 fully saturated rings. The Balaban J connectivity index is 1.63. The SMILES string of the molecule is CN(C)C[C@@H]1CC[C@@]2(COCCN(Cc3ccccn3)C2)O1. The minimum atomic E-state index is -0.133. The van der Waals surface area contributed by atoms with Crippen LogP contribution in [0, 0.1) is 0 Å². The Kier molecular flexibility index (Phi) is 5.08. The fourth-order valence-electron chi connectivity index (χ4n) is 3.49. The first kappa shape index (κ1) is 15.9. The van der Waals surface area contributed by atoms with E-state index in [1.54, 1.807) is 0 Å². The molecule has 5 heteroatoms. The number of pyridine rings is 1. The van der Waals surface area contributed by atoms with E-state index in [0.717, 1.165) is 57.9 Å². The molecule has 0 radical (unpaired) electrons. The van der Waals surface area contributed by atoms with E-state index in [9.17, 15) is 0 Å². The molecule has 0 aromatic carbocycles. The summed E-state index contributed by atoms with van der Waals surface area (Å²) in [6.45, 7) is 5.23. The summed E-state index contributed by atoms with van der Waals surface area (Å²) >= 11 is 0. The molecule has 1 aromatic rings. The number of nitrogens with zero attached hydrogens (tertiary/aromatic N) is 3. The number of hydrogen-bond acceptors (Lipinski definition) is 5. The van der Waals surface area contributed by atoms with Crippen molar-refractivity contribution in [1.29, 1.82) is 0 Å². The summed E-state index contributed by atoms with van der Waals surface area (Å²) < 4.78 is 12.3. The first-order valence-electron chi connectivity index (χ1n) is 8.18. The van der Waals surface area contributed by atoms with Gasteiger partial charge in [0, 0.05) is 32.4 Å². The van der Waals surface area contributed by atoms with E-state index in [4.69, 9.17) is 9.47 Å². The van der Waals surface area contributed by atoms with E-state index in [0.29, 0.717) is 6.10 Å². The second-order valence-electron chi connectivity index (χ2n) is 6.81. The van der Waals surface area contributed by atoms with Crippen molar-refractivity contribution in [3.05, 3.63) is 30.1 Å². The summed E-state index contributed by atoms with van der Waals surface area (Å²) in [5.41, 5.74) is 0.980. The topological polar surface area (TPSA) is 37.8 Å². The molecule has 2 saturated heterocycles. The van der Waals surface area contributed by atoms with E-state index in [1.807, 2.05) is 18.3 Å². The van der Waals surface area contributed by atoms with Crippen molar-refractivity contribution in [2.24, 2.45) is 0 Å². The van der Waals surface area contributed by atoms with Gasteiger partial charge in [-0.3, -0.25) is 9.88 Å². The highest BCUT2D eigenvalue weighted by Gasteiger charge is 2.43. The van der Waals surface area contributed by atoms with Gasteiger partial charge in [-0.1, -0.05) is 6.07 Å². The van der Waals surface area contributed by atoms with Gasteiger partial charge in [0.2, 0.25) is 0 Å². The molecular formula is C17H27N3O2. The predicted octanol–water partition coefficient (Wildman–Crippen LogP) is 1.39. The standard InChI is InChI=1S/C17H27N3O2/c1-19(2)12-16-6-7-17(22-16)13-20(9-10-21-14-17)11-15-5-3-4-8-18-15/h3-5,8,16H,6-7,9-14H2,1-2H3/t16-,17+/m0/s1. The van der Waals surface area contributed by atoms with Crippen LogP contribution in [-0.2, 0) is 16.0 Å². The minimum Gasteiger partial charge on any atom is -0.377 e. The number of aromatic nitrogens is 1. The van der Waals surface area contributed by atoms with Gasteiger partial charge in [-0.2, -0.15) is 0 Å². The van der Waals surface area contributed by atoms with Gasteiger partial charge in [-0.25, -0.2) is 0 Å². The van der Waals surface area contributed by atoms with Crippen molar-refractivity contribution in [2.45, 2.75) is 31.1 Å². The van der Waals surface area contributed by atoms with Crippen LogP contribution >= 0.6 is 0 Å². The van der Waals surface area contributed by atoms with Gasteiger partial charge in [0.15, 0.2) is 0 Å². The van der Waals surface area contributed by atoms with Crippen LogP contribution in [0.15, 0.2) is 24.4 Å². The Bertz CT molecular complexity index is 468. The summed E-state index contributed by atoms with van der Waals surface area (Å²) in [6.07, 6.45) is 4.40. The lowest BCUT2D eigenvalue weighted by Gasteiger charge is -2.32. The summed E-state index contributed by atoms with van der Waals surface area (Å²) in [5, 5.41) is 0. The summed E-state index contributed by atoms with van der Waals surface area (Å²) in [7, 11) is 4.21. The molecule has 2 atom stereocenters. The minimum absolute atomic E-state index is 0.133. The van der Waals surface area contributed by atoms with Gasteiger partial charge in [0.05, 0.1) is 25.0 Å². The predicted molar refractivity (Wildman–Crippen MR) is 85.7 cm³/mol. The van der Waals surface area contributed by atoms with Crippen molar-refractivity contribution in [3.8, 4) is 0 Å². The van der Waals surface area contributed by atoms with E-state index >= 15 is 0 Å². The van der Waals surface area contributed by atoms with Crippen LogP contribution in [0.2, 0.25) is 0 Å². The van der Waals surface area contributed by atoms with Crippen molar-refractivity contribution < 1.29 is 9.47 Å². The molecule has 122 valence electrons. The van der Waals surface area contributed by atoms with E-state index < -0.39 is 0 Å². The monoisotopic (exact) mass is 305 g/mol. The molecule has 0 bridgehead atoms. The molecule has 3 heterocycles. The second-order valence-corrected chi connectivity index (χ2v) is 6.81. The Morgan fingerprint density at radius 3 is 3.09 bits per heavy atom. The third-order valence-electron chi connectivity index (χ3n) is 4.45. The highest BCUT2D eigenvalue weighted by Crippen LogP contribution is 2.33. The zero-order chi connectivity index (χ0) is 15.4. The Morgan fingerprint density at radius 2 is 2.32 bits per heavy atom. The lowest BCUT2D eigenvalue weighted by atomic mass is 10.00. The highest BCUT2D eigenvalue weighted by atomic mass is 16.6. The quantitative estimate of drug-likeness (QED) is 0.840. The van der Waals surface area contributed by atoms with Gasteiger partial charge in [0.25, 0.3) is 0 Å². The van der Waals surface area contributed by atoms with Gasteiger partial charge < -0.3 is 14.4 Å². The number of likely N-dealkylation sites (N-methyl/N-ethyl adjacent to an activating group) is 1. The normalized spacial score (nSPS) is 30.0. The van der Waals surface area contributed by atoms with Gasteiger partial charge in [-0.05, 0) is 39.1 Å². The maximum Gasteiger partial charge on any atom is 0.105 e. The molecule has 2 aliphatic heterocycles. The van der Waals surface area contributed by atoms with Crippen LogP contribution in [0.4, 0.5) is 0 Å². The third-order valence-corrected chi connectivity index (χ3v) is 4.45. The van der Waals surface area contributed by atoms with Crippen LogP contribution in [-0.4, -0.2) is 73.4 Å². The number of rotatable bonds is 4. The van der Waals surface area contributed by atoms with Crippen LogP contribution in [0.1, 0.15) is 18.5 Å². The molecule has 0 aliphatic carbocycles. The Labute approximate surface area is 133 Å². The van der Waals surface area contributed by atoms with E-state index in [1.165, 1.54) is 0 Å². The summed E-state index contributed by atoms with van der Waals surface area (Å²) in [4.78, 5) is 9.07. The van der Waals surface area contributed by atoms with Crippen LogP contribution < -0.4 is 0 Å². The number of hydrogen-bond donors (Lipinski definition) is 0. The van der Waals surface area contributed by atoms with E-state index in [2.05, 4.69) is 34.9 Å². The van der Waals surface area contributed by atoms with Gasteiger partial charge >= 0.3 is 0 Å². The van der Waals surface area contributed by atoms with Crippen molar-refractivity contribution in [1.82, 2.24) is 14.8 Å². The zero-order valence-electron chi connectivity index (χ0n) is 13.7. The average molecular weight is 305 g/mol. The average Bonchev–Trinajstić information content (AvgIpc) is 2.75. The molecule has 3 rings (SSSR count). The van der Waals surface area contributed by atoms with Crippen LogP contribution in [0.25, 0.3) is 0 Å². The first-order valence-corrected chi connectivity index (χ1v) is 8.18. The molecule has 0 unspecified atom stereocenters. The third kappa shape index (κ3) is 4.04. The molecule has 5 nitrogen and oxygen atoms in total. The molecule has 1 aromatic heterocycles. The molecule has 22 heavy (non-hydrogen) atoms. The zero-order valence-corrected chi connectivity index (χ0v) is 13.7. The van der Waals surface area contributed by atoms with Crippen molar-refractivity contribution >= 4 is 0 Å². The first-order chi connectivity index (χ1) is 10.7. The maximum absolute atomic E-state index is 6.42. The lowest BCUT2D eigenvalue weighted by Crippen LogP contribution is -2.45. The smallest absolute Gasteiger partial charge is 0.105 e. The summed E-state index contributed by atoms with van der Waals surface area (Å²) in [6, 6.07) is 6.09. The second kappa shape index (κ2) is 7.04. The fourth-order valence-corrected chi connectivity index (χ4v) is 3.49. The largest absolute Gasteiger partial charge is 0.377 e. The maximum atomic E-state index is 6.42. The van der Waals surface area contributed by atoms with Crippen LogP contribution in [0.3, 0.4) is 0 Å². The lowest BCUT2D eigenvalue weighted by molar-refractivity contribution is -0.0902.